The van der Waals surface area contributed by atoms with Crippen molar-refractivity contribution in [1.82, 2.24) is 4.57 Å². The summed E-state index contributed by atoms with van der Waals surface area (Å²) < 4.78 is 7.21. The molecule has 19 heavy (non-hydrogen) atoms. The number of ether oxygens (including phenoxy) is 1. The van der Waals surface area contributed by atoms with E-state index in [2.05, 4.69) is 0 Å². The molecule has 0 amide bonds. The first kappa shape index (κ1) is 12.4. The quantitative estimate of drug-likeness (QED) is 0.890. The number of carboxylic acids is 1. The fourth-order valence-electron chi connectivity index (χ4n) is 3.06. The number of rotatable bonds is 3. The molecule has 5 nitrogen and oxygen atoms in total. The smallest absolute Gasteiger partial charge is 0.341 e. The standard InChI is InChI=1S/C14H17NO4/c16-13-11(14(17)18)7-9-3-1-5-12(9)15(13)8-10-4-2-6-19-10/h7,10H,1-6,8H2,(H,17,18). The molecular formula is C14H17NO4. The number of fused-ring (bicyclic) bond motifs is 1. The van der Waals surface area contributed by atoms with Crippen LogP contribution in [0.2, 0.25) is 0 Å². The van der Waals surface area contributed by atoms with Crippen molar-refractivity contribution in [3.05, 3.63) is 33.2 Å². The van der Waals surface area contributed by atoms with Crippen LogP contribution in [-0.2, 0) is 24.1 Å². The van der Waals surface area contributed by atoms with Gasteiger partial charge in [0, 0.05) is 12.3 Å². The van der Waals surface area contributed by atoms with Gasteiger partial charge in [-0.05, 0) is 43.7 Å². The number of hydrogen-bond donors (Lipinski definition) is 1. The Kier molecular flexibility index (Phi) is 3.14. The number of carboxylic acid groups (broad SMARTS) is 1. The summed E-state index contributed by atoms with van der Waals surface area (Å²) in [6.07, 6.45) is 4.72. The maximum absolute atomic E-state index is 12.3. The second-order valence-corrected chi connectivity index (χ2v) is 5.24. The Labute approximate surface area is 110 Å². The van der Waals surface area contributed by atoms with Crippen molar-refractivity contribution in [3.63, 3.8) is 0 Å². The van der Waals surface area contributed by atoms with E-state index in [1.807, 2.05) is 0 Å². The number of aromatic carboxylic acids is 1. The molecule has 1 aromatic heterocycles. The van der Waals surface area contributed by atoms with Gasteiger partial charge in [-0.3, -0.25) is 4.79 Å². The van der Waals surface area contributed by atoms with Crippen LogP contribution in [0.3, 0.4) is 0 Å². The van der Waals surface area contributed by atoms with E-state index in [9.17, 15) is 9.59 Å². The van der Waals surface area contributed by atoms with Crippen LogP contribution in [0, 0.1) is 0 Å². The second kappa shape index (κ2) is 4.81. The summed E-state index contributed by atoms with van der Waals surface area (Å²) >= 11 is 0. The fraction of sp³-hybridized carbons (Fsp3) is 0.571. The predicted octanol–water partition coefficient (Wildman–Crippen LogP) is 1.21. The fourth-order valence-corrected chi connectivity index (χ4v) is 3.06. The third kappa shape index (κ3) is 2.18. The molecule has 0 saturated carbocycles. The molecule has 1 fully saturated rings. The molecule has 0 bridgehead atoms. The Morgan fingerprint density at radius 1 is 1.42 bits per heavy atom. The van der Waals surface area contributed by atoms with Crippen LogP contribution < -0.4 is 5.56 Å². The predicted molar refractivity (Wildman–Crippen MR) is 68.7 cm³/mol. The van der Waals surface area contributed by atoms with Gasteiger partial charge < -0.3 is 14.4 Å². The molecule has 5 heteroatoms. The minimum atomic E-state index is -1.14. The van der Waals surface area contributed by atoms with E-state index >= 15 is 0 Å². The zero-order valence-electron chi connectivity index (χ0n) is 10.7. The molecule has 0 aromatic carbocycles. The van der Waals surface area contributed by atoms with Gasteiger partial charge in [-0.1, -0.05) is 0 Å². The lowest BCUT2D eigenvalue weighted by Crippen LogP contribution is -2.32. The molecule has 1 aromatic rings. The highest BCUT2D eigenvalue weighted by molar-refractivity contribution is 5.87. The largest absolute Gasteiger partial charge is 0.477 e. The molecule has 2 aliphatic rings. The van der Waals surface area contributed by atoms with Crippen LogP contribution in [-0.4, -0.2) is 28.4 Å². The van der Waals surface area contributed by atoms with E-state index in [4.69, 9.17) is 9.84 Å². The summed E-state index contributed by atoms with van der Waals surface area (Å²) in [5, 5.41) is 9.14. The number of hydrogen-bond acceptors (Lipinski definition) is 3. The van der Waals surface area contributed by atoms with Crippen LogP contribution in [0.25, 0.3) is 0 Å². The van der Waals surface area contributed by atoms with Gasteiger partial charge in [0.05, 0.1) is 12.6 Å². The molecule has 2 heterocycles. The first-order valence-electron chi connectivity index (χ1n) is 6.77. The van der Waals surface area contributed by atoms with E-state index in [0.29, 0.717) is 6.54 Å². The maximum Gasteiger partial charge on any atom is 0.341 e. The molecule has 102 valence electrons. The monoisotopic (exact) mass is 263 g/mol. The molecule has 1 saturated heterocycles. The highest BCUT2D eigenvalue weighted by Crippen LogP contribution is 2.23. The molecular weight excluding hydrogens is 246 g/mol. The van der Waals surface area contributed by atoms with E-state index < -0.39 is 5.97 Å². The SMILES string of the molecule is O=C(O)c1cc2c(n(CC3CCCO3)c1=O)CCC2. The molecule has 0 spiro atoms. The van der Waals surface area contributed by atoms with Crippen molar-refractivity contribution >= 4 is 5.97 Å². The minimum Gasteiger partial charge on any atom is -0.477 e. The summed E-state index contributed by atoms with van der Waals surface area (Å²) in [7, 11) is 0. The Hall–Kier alpha value is -1.62. The van der Waals surface area contributed by atoms with Crippen molar-refractivity contribution in [3.8, 4) is 0 Å². The lowest BCUT2D eigenvalue weighted by molar-refractivity contribution is 0.0691. The van der Waals surface area contributed by atoms with Gasteiger partial charge in [0.25, 0.3) is 5.56 Å². The number of carbonyl (C=O) groups is 1. The summed E-state index contributed by atoms with van der Waals surface area (Å²) in [5.41, 5.74) is 1.52. The molecule has 3 rings (SSSR count). The third-order valence-corrected chi connectivity index (χ3v) is 3.99. The number of aromatic nitrogens is 1. The first-order valence-corrected chi connectivity index (χ1v) is 6.77. The average Bonchev–Trinajstić information content (AvgIpc) is 3.02. The van der Waals surface area contributed by atoms with Gasteiger partial charge >= 0.3 is 5.97 Å². The van der Waals surface area contributed by atoms with Crippen molar-refractivity contribution < 1.29 is 14.6 Å². The van der Waals surface area contributed by atoms with Crippen molar-refractivity contribution in [2.45, 2.75) is 44.8 Å². The summed E-state index contributed by atoms with van der Waals surface area (Å²) in [6, 6.07) is 1.55. The molecule has 0 radical (unpaired) electrons. The molecule has 1 N–H and O–H groups in total. The number of pyridine rings is 1. The van der Waals surface area contributed by atoms with E-state index in [-0.39, 0.29) is 17.2 Å². The summed E-state index contributed by atoms with van der Waals surface area (Å²) in [6.45, 7) is 1.22. The Balaban J connectivity index is 2.05. The van der Waals surface area contributed by atoms with Gasteiger partial charge in [0.15, 0.2) is 0 Å². The Morgan fingerprint density at radius 2 is 2.26 bits per heavy atom. The number of nitrogens with zero attached hydrogens (tertiary/aromatic N) is 1. The summed E-state index contributed by atoms with van der Waals surface area (Å²) in [5.74, 6) is -1.14. The molecule has 1 atom stereocenters. The summed E-state index contributed by atoms with van der Waals surface area (Å²) in [4.78, 5) is 23.5. The molecule has 1 unspecified atom stereocenters. The van der Waals surface area contributed by atoms with Crippen LogP contribution in [0.15, 0.2) is 10.9 Å². The Bertz CT molecular complexity index is 570. The third-order valence-electron chi connectivity index (χ3n) is 3.99. The highest BCUT2D eigenvalue weighted by atomic mass is 16.5. The lowest BCUT2D eigenvalue weighted by atomic mass is 10.1. The zero-order valence-corrected chi connectivity index (χ0v) is 10.7. The molecule has 1 aliphatic carbocycles. The van der Waals surface area contributed by atoms with Crippen molar-refractivity contribution in [2.75, 3.05) is 6.61 Å². The lowest BCUT2D eigenvalue weighted by Gasteiger charge is -2.17. The maximum atomic E-state index is 12.3. The normalized spacial score (nSPS) is 21.6. The minimum absolute atomic E-state index is 0.0476. The first-order chi connectivity index (χ1) is 9.16. The average molecular weight is 263 g/mol. The van der Waals surface area contributed by atoms with Crippen LogP contribution in [0.5, 0.6) is 0 Å². The van der Waals surface area contributed by atoms with Crippen molar-refractivity contribution in [1.29, 1.82) is 0 Å². The number of aryl methyl sites for hydroxylation is 1. The van der Waals surface area contributed by atoms with Crippen LogP contribution in [0.1, 0.15) is 40.9 Å². The highest BCUT2D eigenvalue weighted by Gasteiger charge is 2.25. The van der Waals surface area contributed by atoms with Gasteiger partial charge in [-0.15, -0.1) is 0 Å². The van der Waals surface area contributed by atoms with Crippen LogP contribution in [0.4, 0.5) is 0 Å². The van der Waals surface area contributed by atoms with Gasteiger partial charge in [0.2, 0.25) is 0 Å². The van der Waals surface area contributed by atoms with Crippen LogP contribution >= 0.6 is 0 Å². The zero-order chi connectivity index (χ0) is 13.4. The van der Waals surface area contributed by atoms with E-state index in [1.165, 1.54) is 0 Å². The van der Waals surface area contributed by atoms with E-state index in [0.717, 1.165) is 50.0 Å². The van der Waals surface area contributed by atoms with Gasteiger partial charge in [0.1, 0.15) is 5.56 Å². The topological polar surface area (TPSA) is 68.5 Å². The van der Waals surface area contributed by atoms with Gasteiger partial charge in [-0.2, -0.15) is 0 Å². The second-order valence-electron chi connectivity index (χ2n) is 5.24. The molecule has 1 aliphatic heterocycles. The van der Waals surface area contributed by atoms with Crippen molar-refractivity contribution in [2.24, 2.45) is 0 Å². The van der Waals surface area contributed by atoms with Gasteiger partial charge in [-0.25, -0.2) is 4.79 Å². The Morgan fingerprint density at radius 3 is 2.95 bits per heavy atom. The van der Waals surface area contributed by atoms with E-state index in [1.54, 1.807) is 10.6 Å².